The van der Waals surface area contributed by atoms with Crippen molar-refractivity contribution in [3.05, 3.63) is 30.1 Å². The number of benzene rings is 1. The van der Waals surface area contributed by atoms with Crippen LogP contribution in [0.4, 0.5) is 0 Å². The largest absolute Gasteiger partial charge is 0.244 e. The van der Waals surface area contributed by atoms with Gasteiger partial charge in [0, 0.05) is 0 Å². The van der Waals surface area contributed by atoms with Crippen LogP contribution in [0.25, 0.3) is 5.69 Å². The summed E-state index contributed by atoms with van der Waals surface area (Å²) in [7, 11) is -3.69. The molecule has 0 radical (unpaired) electrons. The average molecular weight is 343 g/mol. The lowest BCUT2D eigenvalue weighted by Crippen LogP contribution is -2.32. The first-order chi connectivity index (χ1) is 11.5. The maximum Gasteiger partial charge on any atom is 0.244 e. The summed E-state index contributed by atoms with van der Waals surface area (Å²) in [4.78, 5) is 0.188. The highest BCUT2D eigenvalue weighted by Crippen LogP contribution is 2.21. The van der Waals surface area contributed by atoms with E-state index in [2.05, 4.69) is 39.2 Å². The summed E-state index contributed by atoms with van der Waals surface area (Å²) >= 11 is 0. The van der Waals surface area contributed by atoms with Gasteiger partial charge in [0.25, 0.3) is 0 Å². The smallest absolute Gasteiger partial charge is 0.207 e. The van der Waals surface area contributed by atoms with Crippen molar-refractivity contribution in [1.29, 1.82) is 0 Å². The Kier molecular flexibility index (Phi) is 5.69. The van der Waals surface area contributed by atoms with Gasteiger partial charge in [-0.25, -0.2) is 13.1 Å². The normalized spacial score (nSPS) is 10.7. The summed E-state index contributed by atoms with van der Waals surface area (Å²) < 4.78 is 28.4. The summed E-state index contributed by atoms with van der Waals surface area (Å²) in [6.07, 6.45) is 1.45. The fraction of sp³-hybridized carbons (Fsp3) is 0.312. The molecule has 1 aromatic heterocycles. The second kappa shape index (κ2) is 7.73. The molecule has 124 valence electrons. The Hall–Kier alpha value is -2.68. The van der Waals surface area contributed by atoms with Gasteiger partial charge in [0.1, 0.15) is 6.33 Å². The number of hydrogen-bond donors (Lipinski definition) is 0. The van der Waals surface area contributed by atoms with Gasteiger partial charge < -0.3 is 0 Å². The van der Waals surface area contributed by atoms with E-state index in [1.54, 1.807) is 32.9 Å². The summed E-state index contributed by atoms with van der Waals surface area (Å²) in [5.41, 5.74) is 1.46. The van der Waals surface area contributed by atoms with E-state index in [4.69, 9.17) is 0 Å². The van der Waals surface area contributed by atoms with Crippen molar-refractivity contribution in [2.75, 3.05) is 13.1 Å². The van der Waals surface area contributed by atoms with Gasteiger partial charge in [0.05, 0.1) is 23.7 Å². The van der Waals surface area contributed by atoms with Gasteiger partial charge in [-0.2, -0.15) is 4.31 Å². The van der Waals surface area contributed by atoms with Crippen LogP contribution in [-0.4, -0.2) is 46.0 Å². The number of hydrogen-bond acceptors (Lipinski definition) is 5. The van der Waals surface area contributed by atoms with Crippen LogP contribution < -0.4 is 0 Å². The molecule has 0 fully saturated rings. The fourth-order valence-electron chi connectivity index (χ4n) is 2.03. The van der Waals surface area contributed by atoms with Gasteiger partial charge in [-0.15, -0.1) is 16.9 Å². The maximum absolute atomic E-state index is 12.8. The maximum atomic E-state index is 12.8. The molecule has 2 aromatic rings. The minimum absolute atomic E-state index is 0.0985. The molecule has 1 aromatic carbocycles. The minimum atomic E-state index is -3.69. The monoisotopic (exact) mass is 343 g/mol. The molecule has 0 aliphatic carbocycles. The van der Waals surface area contributed by atoms with Gasteiger partial charge in [0.15, 0.2) is 0 Å². The number of tetrazole rings is 1. The molecule has 0 saturated carbocycles. The first-order valence-electron chi connectivity index (χ1n) is 7.14. The van der Waals surface area contributed by atoms with Crippen LogP contribution in [0.5, 0.6) is 0 Å². The third-order valence-electron chi connectivity index (χ3n) is 3.27. The van der Waals surface area contributed by atoms with Crippen LogP contribution in [0.3, 0.4) is 0 Å². The van der Waals surface area contributed by atoms with Crippen molar-refractivity contribution < 1.29 is 8.42 Å². The van der Waals surface area contributed by atoms with Crippen LogP contribution in [0.1, 0.15) is 19.4 Å². The lowest BCUT2D eigenvalue weighted by atomic mass is 10.2. The summed E-state index contributed by atoms with van der Waals surface area (Å²) in [5, 5.41) is 11.0. The molecule has 0 aliphatic rings. The Balaban J connectivity index is 2.40. The van der Waals surface area contributed by atoms with Crippen LogP contribution in [0.2, 0.25) is 0 Å². The number of aromatic nitrogens is 4. The van der Waals surface area contributed by atoms with E-state index in [1.165, 1.54) is 21.4 Å². The molecule has 0 atom stereocenters. The molecule has 0 amide bonds. The van der Waals surface area contributed by atoms with E-state index in [9.17, 15) is 8.42 Å². The van der Waals surface area contributed by atoms with E-state index < -0.39 is 10.0 Å². The minimum Gasteiger partial charge on any atom is -0.207 e. The number of rotatable bonds is 5. The number of nitrogens with zero attached hydrogens (tertiary/aromatic N) is 5. The van der Waals surface area contributed by atoms with Crippen molar-refractivity contribution in [3.63, 3.8) is 0 Å². The summed E-state index contributed by atoms with van der Waals surface area (Å²) in [6.45, 7) is 5.34. The molecule has 0 bridgehead atoms. The zero-order valence-electron chi connectivity index (χ0n) is 13.7. The highest BCUT2D eigenvalue weighted by molar-refractivity contribution is 7.89. The van der Waals surface area contributed by atoms with Crippen LogP contribution in [-0.2, 0) is 10.0 Å². The first-order valence-corrected chi connectivity index (χ1v) is 8.58. The lowest BCUT2D eigenvalue weighted by Gasteiger charge is -2.18. The molecular weight excluding hydrogens is 326 g/mol. The predicted octanol–water partition coefficient (Wildman–Crippen LogP) is 1.01. The second-order valence-electron chi connectivity index (χ2n) is 4.83. The molecular formula is C16H17N5O2S. The van der Waals surface area contributed by atoms with E-state index in [-0.39, 0.29) is 18.0 Å². The Morgan fingerprint density at radius 2 is 1.83 bits per heavy atom. The van der Waals surface area contributed by atoms with Crippen LogP contribution in [0, 0.1) is 30.6 Å². The number of aryl methyl sites for hydroxylation is 1. The number of sulfonamides is 1. The Morgan fingerprint density at radius 1 is 1.17 bits per heavy atom. The molecule has 1 heterocycles. The van der Waals surface area contributed by atoms with Crippen molar-refractivity contribution in [3.8, 4) is 29.4 Å². The standard InChI is InChI=1S/C16H17N5O2S/c1-4-6-10-20(11-7-5-2)24(22,23)15-8-9-16(14(3)12-15)21-13-17-18-19-21/h8-9,12-13H,10-11H2,1-3H3. The predicted molar refractivity (Wildman–Crippen MR) is 89.5 cm³/mol. The molecule has 0 N–H and O–H groups in total. The molecule has 0 unspecified atom stereocenters. The summed E-state index contributed by atoms with van der Waals surface area (Å²) in [6, 6.07) is 4.80. The molecule has 0 saturated heterocycles. The average Bonchev–Trinajstić information content (AvgIpc) is 3.08. The SMILES string of the molecule is CC#CCN(CC#CC)S(=O)(=O)c1ccc(-n2cnnn2)c(C)c1. The van der Waals surface area contributed by atoms with Crippen LogP contribution >= 0.6 is 0 Å². The van der Waals surface area contributed by atoms with Crippen molar-refractivity contribution in [2.45, 2.75) is 25.7 Å². The third kappa shape index (κ3) is 3.80. The molecule has 24 heavy (non-hydrogen) atoms. The van der Waals surface area contributed by atoms with Gasteiger partial charge in [-0.1, -0.05) is 11.8 Å². The molecule has 8 heteroatoms. The van der Waals surface area contributed by atoms with E-state index in [0.29, 0.717) is 5.69 Å². The van der Waals surface area contributed by atoms with E-state index in [0.717, 1.165) is 5.56 Å². The lowest BCUT2D eigenvalue weighted by molar-refractivity contribution is 0.482. The van der Waals surface area contributed by atoms with Gasteiger partial charge in [0.2, 0.25) is 10.0 Å². The quantitative estimate of drug-likeness (QED) is 0.757. The van der Waals surface area contributed by atoms with Crippen molar-refractivity contribution in [1.82, 2.24) is 24.5 Å². The second-order valence-corrected chi connectivity index (χ2v) is 6.77. The Bertz CT molecular complexity index is 906. The highest BCUT2D eigenvalue weighted by Gasteiger charge is 2.23. The molecule has 0 spiro atoms. The molecule has 2 rings (SSSR count). The Labute approximate surface area is 141 Å². The van der Waals surface area contributed by atoms with E-state index >= 15 is 0 Å². The van der Waals surface area contributed by atoms with Gasteiger partial charge in [-0.3, -0.25) is 0 Å². The molecule has 0 aliphatic heterocycles. The zero-order chi connectivity index (χ0) is 17.6. The van der Waals surface area contributed by atoms with Crippen LogP contribution in [0.15, 0.2) is 29.4 Å². The third-order valence-corrected chi connectivity index (χ3v) is 5.05. The molecule has 7 nitrogen and oxygen atoms in total. The van der Waals surface area contributed by atoms with Crippen molar-refractivity contribution in [2.24, 2.45) is 0 Å². The highest BCUT2D eigenvalue weighted by atomic mass is 32.2. The topological polar surface area (TPSA) is 81.0 Å². The zero-order valence-corrected chi connectivity index (χ0v) is 14.5. The summed E-state index contributed by atoms with van der Waals surface area (Å²) in [5.74, 6) is 11.0. The first kappa shape index (κ1) is 17.7. The van der Waals surface area contributed by atoms with Crippen molar-refractivity contribution >= 4 is 10.0 Å². The Morgan fingerprint density at radius 3 is 2.33 bits per heavy atom. The van der Waals surface area contributed by atoms with E-state index in [1.807, 2.05) is 0 Å². The van der Waals surface area contributed by atoms with Gasteiger partial charge in [-0.05, 0) is 55.0 Å². The fourth-order valence-corrected chi connectivity index (χ4v) is 3.36. The van der Waals surface area contributed by atoms with Gasteiger partial charge >= 0.3 is 0 Å².